The minimum Gasteiger partial charge on any atom is -0.334 e. The second kappa shape index (κ2) is 8.28. The van der Waals surface area contributed by atoms with Gasteiger partial charge in [-0.2, -0.15) is 0 Å². The lowest BCUT2D eigenvalue weighted by Crippen LogP contribution is -2.26. The molecule has 6 nitrogen and oxygen atoms in total. The van der Waals surface area contributed by atoms with E-state index in [0.29, 0.717) is 30.5 Å². The number of imidazole rings is 1. The number of amides is 1. The summed E-state index contributed by atoms with van der Waals surface area (Å²) in [6.07, 6.45) is 4.16. The maximum atomic E-state index is 12.8. The first-order valence-electron chi connectivity index (χ1n) is 11.3. The molecule has 2 aromatic heterocycles. The molecule has 2 aromatic carbocycles. The van der Waals surface area contributed by atoms with Crippen LogP contribution in [0.2, 0.25) is 0 Å². The van der Waals surface area contributed by atoms with Gasteiger partial charge in [0.25, 0.3) is 0 Å². The molecular formula is C27H27N5O. The zero-order valence-electron chi connectivity index (χ0n) is 19.4. The quantitative estimate of drug-likeness (QED) is 0.438. The minimum atomic E-state index is 0.0531. The Balaban J connectivity index is 1.44. The summed E-state index contributed by atoms with van der Waals surface area (Å²) in [6, 6.07) is 16.4. The molecule has 6 heteroatoms. The van der Waals surface area contributed by atoms with Crippen molar-refractivity contribution in [3.05, 3.63) is 83.3 Å². The number of benzene rings is 2. The van der Waals surface area contributed by atoms with E-state index in [1.54, 1.807) is 11.1 Å². The molecule has 1 aliphatic rings. The number of carbonyl (C=O) groups is 1. The third-order valence-electron chi connectivity index (χ3n) is 6.11. The number of carbonyl (C=O) groups excluding carboxylic acids is 1. The van der Waals surface area contributed by atoms with Crippen LogP contribution in [0.4, 0.5) is 5.82 Å². The van der Waals surface area contributed by atoms with Crippen LogP contribution in [0, 0.1) is 6.92 Å². The van der Waals surface area contributed by atoms with Crippen LogP contribution >= 0.6 is 0 Å². The van der Waals surface area contributed by atoms with E-state index in [2.05, 4.69) is 60.2 Å². The first-order chi connectivity index (χ1) is 15.9. The lowest BCUT2D eigenvalue weighted by atomic mass is 9.97. The minimum absolute atomic E-state index is 0.0531. The second-order valence-electron chi connectivity index (χ2n) is 8.95. The van der Waals surface area contributed by atoms with Gasteiger partial charge in [0.1, 0.15) is 11.6 Å². The summed E-state index contributed by atoms with van der Waals surface area (Å²) in [5.41, 5.74) is 6.19. The third-order valence-corrected chi connectivity index (χ3v) is 6.11. The number of fused-ring (bicyclic) bond motifs is 1. The van der Waals surface area contributed by atoms with Crippen LogP contribution in [0.3, 0.4) is 0 Å². The predicted octanol–water partition coefficient (Wildman–Crippen LogP) is 5.07. The van der Waals surface area contributed by atoms with Gasteiger partial charge in [0.2, 0.25) is 5.91 Å². The Morgan fingerprint density at radius 1 is 1.03 bits per heavy atom. The molecule has 0 fully saturated rings. The van der Waals surface area contributed by atoms with E-state index in [1.807, 2.05) is 36.9 Å². The highest BCUT2D eigenvalue weighted by molar-refractivity contribution is 6.00. The molecule has 0 spiro atoms. The molecule has 0 saturated carbocycles. The van der Waals surface area contributed by atoms with E-state index >= 15 is 0 Å². The highest BCUT2D eigenvalue weighted by Crippen LogP contribution is 2.33. The van der Waals surface area contributed by atoms with Crippen molar-refractivity contribution < 1.29 is 4.79 Å². The van der Waals surface area contributed by atoms with E-state index < -0.39 is 0 Å². The molecule has 1 aliphatic heterocycles. The molecular weight excluding hydrogens is 410 g/mol. The van der Waals surface area contributed by atoms with E-state index in [1.165, 1.54) is 5.56 Å². The summed E-state index contributed by atoms with van der Waals surface area (Å²) in [4.78, 5) is 28.7. The first kappa shape index (κ1) is 21.1. The number of rotatable bonds is 5. The average molecular weight is 438 g/mol. The van der Waals surface area contributed by atoms with Gasteiger partial charge in [-0.3, -0.25) is 9.69 Å². The van der Waals surface area contributed by atoms with E-state index in [0.717, 1.165) is 33.8 Å². The maximum absolute atomic E-state index is 12.8. The highest BCUT2D eigenvalue weighted by Gasteiger charge is 2.30. The maximum Gasteiger partial charge on any atom is 0.233 e. The van der Waals surface area contributed by atoms with Crippen LogP contribution in [0.15, 0.2) is 60.9 Å². The summed E-state index contributed by atoms with van der Waals surface area (Å²) in [6.45, 7) is 6.80. The first-order valence-corrected chi connectivity index (χ1v) is 11.3. The van der Waals surface area contributed by atoms with Gasteiger partial charge in [-0.15, -0.1) is 0 Å². The standard InChI is InChI=1S/C27H27N5O/c1-17(2)22-7-5-6-8-23(22)25-28-14-21-13-24(33)32(27(21)30-25)16-19-9-11-20(12-10-19)26-29-18(3)15-31(26)4/h5-12,14-15,17H,13,16H2,1-4H3. The summed E-state index contributed by atoms with van der Waals surface area (Å²) in [5, 5.41) is 0. The number of hydrogen-bond acceptors (Lipinski definition) is 4. The number of aromatic nitrogens is 4. The van der Waals surface area contributed by atoms with Crippen molar-refractivity contribution in [1.29, 1.82) is 0 Å². The number of anilines is 1. The van der Waals surface area contributed by atoms with Gasteiger partial charge in [0, 0.05) is 36.1 Å². The molecule has 0 N–H and O–H groups in total. The second-order valence-corrected chi connectivity index (χ2v) is 8.95. The van der Waals surface area contributed by atoms with Gasteiger partial charge in [0.15, 0.2) is 5.82 Å². The topological polar surface area (TPSA) is 63.9 Å². The van der Waals surface area contributed by atoms with Gasteiger partial charge < -0.3 is 4.57 Å². The fraction of sp³-hybridized carbons (Fsp3) is 0.259. The molecule has 166 valence electrons. The Morgan fingerprint density at radius 3 is 2.48 bits per heavy atom. The molecule has 33 heavy (non-hydrogen) atoms. The molecule has 4 aromatic rings. The Labute approximate surface area is 194 Å². The fourth-order valence-corrected chi connectivity index (χ4v) is 4.46. The largest absolute Gasteiger partial charge is 0.334 e. The average Bonchev–Trinajstić information content (AvgIpc) is 3.31. The van der Waals surface area contributed by atoms with Crippen molar-refractivity contribution in [2.75, 3.05) is 4.90 Å². The highest BCUT2D eigenvalue weighted by atomic mass is 16.2. The van der Waals surface area contributed by atoms with Crippen molar-refractivity contribution in [1.82, 2.24) is 19.5 Å². The van der Waals surface area contributed by atoms with Crippen LogP contribution in [0.25, 0.3) is 22.8 Å². The van der Waals surface area contributed by atoms with E-state index in [9.17, 15) is 4.79 Å². The lowest BCUT2D eigenvalue weighted by Gasteiger charge is -2.18. The smallest absolute Gasteiger partial charge is 0.233 e. The predicted molar refractivity (Wildman–Crippen MR) is 130 cm³/mol. The van der Waals surface area contributed by atoms with Gasteiger partial charge in [-0.1, -0.05) is 62.4 Å². The van der Waals surface area contributed by atoms with Crippen molar-refractivity contribution >= 4 is 11.7 Å². The molecule has 0 atom stereocenters. The number of nitrogens with zero attached hydrogens (tertiary/aromatic N) is 5. The molecule has 0 saturated heterocycles. The molecule has 0 radical (unpaired) electrons. The molecule has 1 amide bonds. The summed E-state index contributed by atoms with van der Waals surface area (Å²) in [5.74, 6) is 2.72. The summed E-state index contributed by atoms with van der Waals surface area (Å²) < 4.78 is 2.03. The van der Waals surface area contributed by atoms with Gasteiger partial charge in [-0.05, 0) is 24.0 Å². The Kier molecular flexibility index (Phi) is 5.29. The van der Waals surface area contributed by atoms with Crippen LogP contribution in [0.1, 0.15) is 42.1 Å². The van der Waals surface area contributed by atoms with Gasteiger partial charge >= 0.3 is 0 Å². The van der Waals surface area contributed by atoms with Crippen LogP contribution in [-0.4, -0.2) is 25.4 Å². The Morgan fingerprint density at radius 2 is 1.79 bits per heavy atom. The number of aryl methyl sites for hydroxylation is 2. The number of hydrogen-bond donors (Lipinski definition) is 0. The van der Waals surface area contributed by atoms with Crippen LogP contribution in [-0.2, 0) is 24.8 Å². The lowest BCUT2D eigenvalue weighted by molar-refractivity contribution is -0.117. The summed E-state index contributed by atoms with van der Waals surface area (Å²) in [7, 11) is 2.00. The van der Waals surface area contributed by atoms with E-state index in [4.69, 9.17) is 4.98 Å². The molecule has 3 heterocycles. The Bertz CT molecular complexity index is 1340. The zero-order chi connectivity index (χ0) is 23.1. The normalized spacial score (nSPS) is 13.1. The molecule has 0 aliphatic carbocycles. The van der Waals surface area contributed by atoms with Crippen molar-refractivity contribution in [2.24, 2.45) is 7.05 Å². The van der Waals surface area contributed by atoms with Crippen molar-refractivity contribution in [2.45, 2.75) is 39.7 Å². The van der Waals surface area contributed by atoms with Crippen molar-refractivity contribution in [3.63, 3.8) is 0 Å². The molecule has 0 unspecified atom stereocenters. The van der Waals surface area contributed by atoms with Gasteiger partial charge in [-0.25, -0.2) is 15.0 Å². The zero-order valence-corrected chi connectivity index (χ0v) is 19.4. The van der Waals surface area contributed by atoms with E-state index in [-0.39, 0.29) is 5.91 Å². The van der Waals surface area contributed by atoms with Crippen LogP contribution < -0.4 is 4.90 Å². The SMILES string of the molecule is Cc1cn(C)c(-c2ccc(CN3C(=O)Cc4cnc(-c5ccccc5C(C)C)nc43)cc2)n1. The van der Waals surface area contributed by atoms with Crippen molar-refractivity contribution in [3.8, 4) is 22.8 Å². The monoisotopic (exact) mass is 437 g/mol. The third kappa shape index (κ3) is 3.93. The Hall–Kier alpha value is -3.80. The molecule has 5 rings (SSSR count). The van der Waals surface area contributed by atoms with Gasteiger partial charge in [0.05, 0.1) is 18.7 Å². The fourth-order valence-electron chi connectivity index (χ4n) is 4.46. The summed E-state index contributed by atoms with van der Waals surface area (Å²) >= 11 is 0. The molecule has 0 bridgehead atoms. The van der Waals surface area contributed by atoms with Crippen LogP contribution in [0.5, 0.6) is 0 Å².